The molecule has 2 heterocycles. The lowest BCUT2D eigenvalue weighted by atomic mass is 9.91. The Hall–Kier alpha value is -2.68. The van der Waals surface area contributed by atoms with Gasteiger partial charge in [-0.1, -0.05) is 0 Å². The average molecular weight is 328 g/mol. The molecule has 0 aromatic heterocycles. The van der Waals surface area contributed by atoms with Crippen LogP contribution in [0.15, 0.2) is 29.3 Å². The van der Waals surface area contributed by atoms with E-state index in [2.05, 4.69) is 4.90 Å². The van der Waals surface area contributed by atoms with Crippen molar-refractivity contribution in [3.05, 3.63) is 29.3 Å². The van der Waals surface area contributed by atoms with Crippen LogP contribution in [0, 0.1) is 11.3 Å². The van der Waals surface area contributed by atoms with E-state index in [9.17, 15) is 15.2 Å². The monoisotopic (exact) mass is 328 g/mol. The number of methoxy groups -OCH3 is 2. The molecule has 1 aromatic carbocycles. The Labute approximate surface area is 140 Å². The number of nitrogens with zero attached hydrogens (tertiary/aromatic N) is 2. The van der Waals surface area contributed by atoms with Gasteiger partial charge >= 0.3 is 5.97 Å². The van der Waals surface area contributed by atoms with E-state index < -0.39 is 5.97 Å². The summed E-state index contributed by atoms with van der Waals surface area (Å²) in [4.78, 5) is 13.6. The van der Waals surface area contributed by atoms with Gasteiger partial charge in [-0.3, -0.25) is 0 Å². The number of piperidine rings is 1. The molecule has 2 fully saturated rings. The van der Waals surface area contributed by atoms with Crippen molar-refractivity contribution in [1.29, 1.82) is 5.26 Å². The number of fused-ring (bicyclic) bond motifs is 2. The maximum Gasteiger partial charge on any atom is 0.346 e. The third kappa shape index (κ3) is 2.67. The second-order valence-corrected chi connectivity index (χ2v) is 6.08. The van der Waals surface area contributed by atoms with Crippen LogP contribution >= 0.6 is 0 Å². The number of benzene rings is 1. The Morgan fingerprint density at radius 2 is 1.88 bits per heavy atom. The lowest BCUT2D eigenvalue weighted by molar-refractivity contribution is -0.132. The van der Waals surface area contributed by atoms with Crippen LogP contribution in [0.3, 0.4) is 0 Å². The van der Waals surface area contributed by atoms with Gasteiger partial charge in [-0.2, -0.15) is 5.26 Å². The molecule has 2 saturated heterocycles. The highest BCUT2D eigenvalue weighted by Gasteiger charge is 2.41. The van der Waals surface area contributed by atoms with Crippen molar-refractivity contribution >= 4 is 11.7 Å². The lowest BCUT2D eigenvalue weighted by Crippen LogP contribution is -2.42. The molecule has 2 unspecified atom stereocenters. The van der Waals surface area contributed by atoms with Crippen molar-refractivity contribution in [2.45, 2.75) is 37.8 Å². The van der Waals surface area contributed by atoms with E-state index in [4.69, 9.17) is 9.47 Å². The Kier molecular flexibility index (Phi) is 4.34. The van der Waals surface area contributed by atoms with Crippen LogP contribution in [0.4, 0.5) is 5.69 Å². The van der Waals surface area contributed by atoms with Gasteiger partial charge in [-0.15, -0.1) is 0 Å². The Morgan fingerprint density at radius 3 is 2.42 bits per heavy atom. The van der Waals surface area contributed by atoms with Crippen LogP contribution in [0.2, 0.25) is 0 Å². The molecule has 2 aliphatic heterocycles. The van der Waals surface area contributed by atoms with Crippen molar-refractivity contribution in [3.8, 4) is 17.6 Å². The highest BCUT2D eigenvalue weighted by molar-refractivity contribution is 5.92. The van der Waals surface area contributed by atoms with Gasteiger partial charge in [0.15, 0.2) is 0 Å². The van der Waals surface area contributed by atoms with Crippen molar-refractivity contribution in [1.82, 2.24) is 0 Å². The van der Waals surface area contributed by atoms with Gasteiger partial charge in [-0.25, -0.2) is 4.79 Å². The molecule has 2 atom stereocenters. The smallest absolute Gasteiger partial charge is 0.346 e. The Morgan fingerprint density at radius 1 is 1.21 bits per heavy atom. The number of aliphatic carboxylic acids is 1. The van der Waals surface area contributed by atoms with Crippen LogP contribution in [0.1, 0.15) is 25.7 Å². The predicted molar refractivity (Wildman–Crippen MR) is 88.3 cm³/mol. The predicted octanol–water partition coefficient (Wildman–Crippen LogP) is 2.74. The van der Waals surface area contributed by atoms with Crippen LogP contribution in [-0.2, 0) is 4.79 Å². The number of ether oxygens (including phenoxy) is 2. The lowest BCUT2D eigenvalue weighted by Gasteiger charge is -2.39. The summed E-state index contributed by atoms with van der Waals surface area (Å²) in [5.74, 6) is 0.248. The van der Waals surface area contributed by atoms with Gasteiger partial charge in [0.05, 0.1) is 20.3 Å². The fraction of sp³-hybridized carbons (Fsp3) is 0.444. The normalized spacial score (nSPS) is 24.3. The number of carboxylic acids is 1. The Balaban J connectivity index is 2.06. The molecular formula is C18H20N2O4. The minimum atomic E-state index is -1.14. The molecule has 1 aromatic rings. The summed E-state index contributed by atoms with van der Waals surface area (Å²) in [5.41, 5.74) is 1.57. The van der Waals surface area contributed by atoms with Gasteiger partial charge in [0.2, 0.25) is 0 Å². The maximum absolute atomic E-state index is 11.4. The van der Waals surface area contributed by atoms with Crippen LogP contribution in [-0.4, -0.2) is 37.4 Å². The van der Waals surface area contributed by atoms with Gasteiger partial charge in [-0.05, 0) is 31.3 Å². The summed E-state index contributed by atoms with van der Waals surface area (Å²) >= 11 is 0. The fourth-order valence-electron chi connectivity index (χ4n) is 3.88. The average Bonchev–Trinajstić information content (AvgIpc) is 2.90. The molecule has 3 rings (SSSR count). The quantitative estimate of drug-likeness (QED) is 0.676. The highest BCUT2D eigenvalue weighted by atomic mass is 16.5. The van der Waals surface area contributed by atoms with Gasteiger partial charge in [0.25, 0.3) is 0 Å². The summed E-state index contributed by atoms with van der Waals surface area (Å²) in [7, 11) is 3.21. The van der Waals surface area contributed by atoms with E-state index in [1.165, 1.54) is 0 Å². The summed E-state index contributed by atoms with van der Waals surface area (Å²) in [5, 5.41) is 18.6. The summed E-state index contributed by atoms with van der Waals surface area (Å²) in [6.45, 7) is 0. The van der Waals surface area contributed by atoms with E-state index in [0.29, 0.717) is 24.0 Å². The van der Waals surface area contributed by atoms with E-state index in [-0.39, 0.29) is 11.6 Å². The number of hydrogen-bond donors (Lipinski definition) is 1. The first-order chi connectivity index (χ1) is 11.6. The topological polar surface area (TPSA) is 82.8 Å². The second kappa shape index (κ2) is 6.44. The molecule has 1 N–H and O–H groups in total. The molecular weight excluding hydrogens is 308 g/mol. The van der Waals surface area contributed by atoms with Gasteiger partial charge in [0.1, 0.15) is 23.1 Å². The number of anilines is 1. The largest absolute Gasteiger partial charge is 0.497 e. The molecule has 126 valence electrons. The number of hydrogen-bond acceptors (Lipinski definition) is 5. The van der Waals surface area contributed by atoms with E-state index in [1.54, 1.807) is 14.2 Å². The number of nitriles is 1. The third-order valence-corrected chi connectivity index (χ3v) is 4.93. The number of carbonyl (C=O) groups is 1. The SMILES string of the molecule is COc1cc(OC)cc(N2C3CCC(=C(C#N)C(=O)O)C2CC3)c1. The van der Waals surface area contributed by atoms with Crippen LogP contribution < -0.4 is 14.4 Å². The zero-order valence-electron chi connectivity index (χ0n) is 13.8. The summed E-state index contributed by atoms with van der Waals surface area (Å²) in [6, 6.07) is 7.85. The molecule has 0 radical (unpaired) electrons. The molecule has 0 spiro atoms. The van der Waals surface area contributed by atoms with Crippen molar-refractivity contribution in [2.75, 3.05) is 19.1 Å². The number of carboxylic acid groups (broad SMARTS) is 1. The van der Waals surface area contributed by atoms with Crippen LogP contribution in [0.25, 0.3) is 0 Å². The molecule has 2 bridgehead atoms. The third-order valence-electron chi connectivity index (χ3n) is 4.93. The fourth-order valence-corrected chi connectivity index (χ4v) is 3.88. The minimum absolute atomic E-state index is 0.0497. The van der Waals surface area contributed by atoms with E-state index in [1.807, 2.05) is 24.3 Å². The molecule has 0 saturated carbocycles. The van der Waals surface area contributed by atoms with Gasteiger partial charge in [0, 0.05) is 29.9 Å². The first-order valence-corrected chi connectivity index (χ1v) is 7.97. The van der Waals surface area contributed by atoms with E-state index >= 15 is 0 Å². The van der Waals surface area contributed by atoms with Gasteiger partial charge < -0.3 is 19.5 Å². The molecule has 24 heavy (non-hydrogen) atoms. The molecule has 6 heteroatoms. The first kappa shape index (κ1) is 16.2. The summed E-state index contributed by atoms with van der Waals surface area (Å²) in [6.07, 6.45) is 3.37. The second-order valence-electron chi connectivity index (χ2n) is 6.08. The molecule has 0 aliphatic carbocycles. The Bertz CT molecular complexity index is 713. The zero-order valence-corrected chi connectivity index (χ0v) is 13.8. The molecule has 0 amide bonds. The number of rotatable bonds is 4. The van der Waals surface area contributed by atoms with Crippen molar-refractivity contribution in [2.24, 2.45) is 0 Å². The molecule has 2 aliphatic rings. The van der Waals surface area contributed by atoms with Crippen molar-refractivity contribution < 1.29 is 19.4 Å². The minimum Gasteiger partial charge on any atom is -0.497 e. The first-order valence-electron chi connectivity index (χ1n) is 7.97. The maximum atomic E-state index is 11.4. The molecule has 6 nitrogen and oxygen atoms in total. The summed E-state index contributed by atoms with van der Waals surface area (Å²) < 4.78 is 10.7. The van der Waals surface area contributed by atoms with Crippen LogP contribution in [0.5, 0.6) is 11.5 Å². The highest BCUT2D eigenvalue weighted by Crippen LogP contribution is 2.44. The standard InChI is InChI=1S/C18H20N2O4/c1-23-13-7-12(8-14(9-13)24-2)20-11-3-5-15(17(20)6-4-11)16(10-19)18(21)22/h7-9,11,17H,3-6H2,1-2H3,(H,21,22). The van der Waals surface area contributed by atoms with E-state index in [0.717, 1.165) is 30.5 Å². The zero-order chi connectivity index (χ0) is 17.3. The van der Waals surface area contributed by atoms with Crippen molar-refractivity contribution in [3.63, 3.8) is 0 Å².